The van der Waals surface area contributed by atoms with Crippen LogP contribution in [0.1, 0.15) is 38.3 Å². The number of carbonyl (C=O) groups is 1. The number of aromatic nitrogens is 3. The lowest BCUT2D eigenvalue weighted by molar-refractivity contribution is -0.140. The van der Waals surface area contributed by atoms with E-state index in [0.717, 1.165) is 34.5 Å². The number of fused-ring (bicyclic) bond motifs is 1. The molecule has 1 aromatic carbocycles. The molecule has 0 aliphatic rings. The van der Waals surface area contributed by atoms with E-state index >= 15 is 0 Å². The third kappa shape index (κ3) is 4.46. The number of carboxylic acid groups (broad SMARTS) is 1. The summed E-state index contributed by atoms with van der Waals surface area (Å²) in [5.74, 6) is 0.293. The third-order valence-electron chi connectivity index (χ3n) is 5.31. The second kappa shape index (κ2) is 8.83. The molecule has 1 unspecified atom stereocenters. The highest BCUT2D eigenvalue weighted by atomic mass is 16.4. The molecule has 160 valence electrons. The minimum absolute atomic E-state index is 0.0133. The summed E-state index contributed by atoms with van der Waals surface area (Å²) in [5, 5.41) is 12.6. The summed E-state index contributed by atoms with van der Waals surface area (Å²) in [4.78, 5) is 28.4. The predicted octanol–water partition coefficient (Wildman–Crippen LogP) is 3.32. The van der Waals surface area contributed by atoms with Crippen molar-refractivity contribution < 1.29 is 9.90 Å². The van der Waals surface area contributed by atoms with Crippen molar-refractivity contribution in [3.63, 3.8) is 0 Å². The number of rotatable bonds is 8. The summed E-state index contributed by atoms with van der Waals surface area (Å²) in [5.41, 5.74) is 4.42. The molecule has 0 saturated heterocycles. The maximum absolute atomic E-state index is 12.1. The fourth-order valence-corrected chi connectivity index (χ4v) is 3.81. The van der Waals surface area contributed by atoms with Crippen LogP contribution in [0.2, 0.25) is 0 Å². The van der Waals surface area contributed by atoms with Gasteiger partial charge in [-0.3, -0.25) is 9.59 Å². The Kier molecular flexibility index (Phi) is 6.41. The van der Waals surface area contributed by atoms with Crippen molar-refractivity contribution in [1.82, 2.24) is 19.4 Å². The van der Waals surface area contributed by atoms with Gasteiger partial charge in [-0.15, -0.1) is 0 Å². The predicted molar refractivity (Wildman–Crippen MR) is 119 cm³/mol. The molecule has 2 N–H and O–H groups in total. The minimum Gasteiger partial charge on any atom is -0.480 e. The molecule has 7 heteroatoms. The van der Waals surface area contributed by atoms with Gasteiger partial charge in [0, 0.05) is 37.5 Å². The van der Waals surface area contributed by atoms with Crippen molar-refractivity contribution in [1.29, 1.82) is 0 Å². The first kappa shape index (κ1) is 21.8. The van der Waals surface area contributed by atoms with Gasteiger partial charge in [0.25, 0.3) is 5.56 Å². The van der Waals surface area contributed by atoms with Crippen molar-refractivity contribution in [3.05, 3.63) is 51.9 Å². The van der Waals surface area contributed by atoms with Crippen LogP contribution in [-0.4, -0.2) is 31.2 Å². The first-order valence-electron chi connectivity index (χ1n) is 10.3. The van der Waals surface area contributed by atoms with Gasteiger partial charge in [-0.05, 0) is 49.9 Å². The lowest BCUT2D eigenvalue weighted by Gasteiger charge is -2.16. The highest BCUT2D eigenvalue weighted by Crippen LogP contribution is 2.25. The molecule has 0 aliphatic carbocycles. The molecule has 0 amide bonds. The van der Waals surface area contributed by atoms with Crippen molar-refractivity contribution in [2.24, 2.45) is 13.0 Å². The Bertz CT molecular complexity index is 1100. The molecule has 3 rings (SSSR count). The standard InChI is InChI=1S/C23H30N4O3/c1-6-27-20-8-7-16(12-24-19(23(29)30)9-14(2)3)11-18(20)25-21(27)17-10-15(4)22(28)26(5)13-17/h7-8,10-11,13-14,19,24H,6,9,12H2,1-5H3,(H,29,30). The summed E-state index contributed by atoms with van der Waals surface area (Å²) in [6.45, 7) is 9.13. The van der Waals surface area contributed by atoms with Gasteiger partial charge in [-0.2, -0.15) is 0 Å². The van der Waals surface area contributed by atoms with Crippen LogP contribution < -0.4 is 10.9 Å². The zero-order chi connectivity index (χ0) is 22.0. The second-order valence-corrected chi connectivity index (χ2v) is 8.23. The molecule has 1 atom stereocenters. The molecule has 30 heavy (non-hydrogen) atoms. The van der Waals surface area contributed by atoms with Crippen LogP contribution in [0.25, 0.3) is 22.4 Å². The van der Waals surface area contributed by atoms with Crippen molar-refractivity contribution in [2.45, 2.75) is 53.2 Å². The fourth-order valence-electron chi connectivity index (χ4n) is 3.81. The van der Waals surface area contributed by atoms with Crippen LogP contribution in [-0.2, 0) is 24.9 Å². The fraction of sp³-hybridized carbons (Fsp3) is 0.435. The van der Waals surface area contributed by atoms with Gasteiger partial charge in [0.15, 0.2) is 0 Å². The number of hydrogen-bond acceptors (Lipinski definition) is 4. The van der Waals surface area contributed by atoms with Crippen molar-refractivity contribution in [2.75, 3.05) is 0 Å². The van der Waals surface area contributed by atoms with E-state index in [-0.39, 0.29) is 5.56 Å². The Hall–Kier alpha value is -2.93. The van der Waals surface area contributed by atoms with E-state index < -0.39 is 12.0 Å². The van der Waals surface area contributed by atoms with Crippen LogP contribution in [0.15, 0.2) is 35.3 Å². The van der Waals surface area contributed by atoms with Crippen LogP contribution in [0.4, 0.5) is 0 Å². The monoisotopic (exact) mass is 410 g/mol. The zero-order valence-corrected chi connectivity index (χ0v) is 18.3. The number of aryl methyl sites for hydroxylation is 3. The highest BCUT2D eigenvalue weighted by Gasteiger charge is 2.19. The average Bonchev–Trinajstić information content (AvgIpc) is 3.06. The summed E-state index contributed by atoms with van der Waals surface area (Å²) >= 11 is 0. The Morgan fingerprint density at radius 1 is 1.27 bits per heavy atom. The number of pyridine rings is 1. The summed E-state index contributed by atoms with van der Waals surface area (Å²) in [6.07, 6.45) is 2.40. The first-order valence-corrected chi connectivity index (χ1v) is 10.3. The molecule has 0 radical (unpaired) electrons. The van der Waals surface area contributed by atoms with Gasteiger partial charge >= 0.3 is 5.97 Å². The lowest BCUT2D eigenvalue weighted by Crippen LogP contribution is -2.37. The number of imidazole rings is 1. The quantitative estimate of drug-likeness (QED) is 0.595. The van der Waals surface area contributed by atoms with E-state index in [0.29, 0.717) is 24.4 Å². The molecule has 2 heterocycles. The van der Waals surface area contributed by atoms with Crippen LogP contribution in [0.5, 0.6) is 0 Å². The normalized spacial score (nSPS) is 12.6. The smallest absolute Gasteiger partial charge is 0.320 e. The van der Waals surface area contributed by atoms with E-state index in [4.69, 9.17) is 4.98 Å². The Morgan fingerprint density at radius 2 is 2.00 bits per heavy atom. The molecule has 0 spiro atoms. The number of benzene rings is 1. The molecule has 0 bridgehead atoms. The maximum atomic E-state index is 12.1. The Morgan fingerprint density at radius 3 is 2.60 bits per heavy atom. The first-order chi connectivity index (χ1) is 14.2. The van der Waals surface area contributed by atoms with E-state index in [9.17, 15) is 14.7 Å². The molecule has 3 aromatic rings. The van der Waals surface area contributed by atoms with E-state index in [2.05, 4.69) is 16.8 Å². The molecule has 0 saturated carbocycles. The van der Waals surface area contributed by atoms with Crippen LogP contribution >= 0.6 is 0 Å². The van der Waals surface area contributed by atoms with Crippen molar-refractivity contribution >= 4 is 17.0 Å². The molecule has 0 fully saturated rings. The molecule has 0 aliphatic heterocycles. The molecular weight excluding hydrogens is 380 g/mol. The number of nitrogens with one attached hydrogen (secondary N) is 1. The maximum Gasteiger partial charge on any atom is 0.320 e. The van der Waals surface area contributed by atoms with Crippen molar-refractivity contribution in [3.8, 4) is 11.4 Å². The lowest BCUT2D eigenvalue weighted by atomic mass is 10.0. The Balaban J connectivity index is 1.94. The van der Waals surface area contributed by atoms with E-state index in [1.54, 1.807) is 11.6 Å². The average molecular weight is 411 g/mol. The largest absolute Gasteiger partial charge is 0.480 e. The minimum atomic E-state index is -0.826. The number of carboxylic acids is 1. The topological polar surface area (TPSA) is 89.2 Å². The molecule has 2 aromatic heterocycles. The SMILES string of the molecule is CCn1c(-c2cc(C)c(=O)n(C)c2)nc2cc(CNC(CC(C)C)C(=O)O)ccc21. The summed E-state index contributed by atoms with van der Waals surface area (Å²) < 4.78 is 3.71. The van der Waals surface area contributed by atoms with E-state index in [1.165, 1.54) is 0 Å². The van der Waals surface area contributed by atoms with Gasteiger partial charge in [0.2, 0.25) is 0 Å². The van der Waals surface area contributed by atoms with E-state index in [1.807, 2.05) is 51.2 Å². The van der Waals surface area contributed by atoms with Gasteiger partial charge in [-0.25, -0.2) is 4.98 Å². The van der Waals surface area contributed by atoms with Crippen LogP contribution in [0.3, 0.4) is 0 Å². The van der Waals surface area contributed by atoms with Gasteiger partial charge in [-0.1, -0.05) is 19.9 Å². The third-order valence-corrected chi connectivity index (χ3v) is 5.31. The second-order valence-electron chi connectivity index (χ2n) is 8.23. The van der Waals surface area contributed by atoms with Crippen LogP contribution in [0, 0.1) is 12.8 Å². The van der Waals surface area contributed by atoms with Gasteiger partial charge in [0.05, 0.1) is 11.0 Å². The summed E-state index contributed by atoms with van der Waals surface area (Å²) in [6, 6.07) is 7.34. The Labute approximate surface area is 176 Å². The number of nitrogens with zero attached hydrogens (tertiary/aromatic N) is 3. The molecule has 7 nitrogen and oxygen atoms in total. The molecular formula is C23H30N4O3. The summed E-state index contributed by atoms with van der Waals surface area (Å²) in [7, 11) is 1.75. The number of hydrogen-bond donors (Lipinski definition) is 2. The number of aliphatic carboxylic acids is 1. The zero-order valence-electron chi connectivity index (χ0n) is 18.3. The van der Waals surface area contributed by atoms with Gasteiger partial charge in [0.1, 0.15) is 11.9 Å². The highest BCUT2D eigenvalue weighted by molar-refractivity contribution is 5.81. The van der Waals surface area contributed by atoms with Gasteiger partial charge < -0.3 is 19.6 Å².